The highest BCUT2D eigenvalue weighted by Crippen LogP contribution is 2.19. The summed E-state index contributed by atoms with van der Waals surface area (Å²) >= 11 is 0. The molecule has 1 aromatic carbocycles. The Kier molecular flexibility index (Phi) is 2.59. The molecule has 0 aliphatic heterocycles. The number of para-hydroxylation sites is 1. The third kappa shape index (κ3) is 1.99. The Morgan fingerprint density at radius 3 is 2.67 bits per heavy atom. The standard InChI is InChI=1S/C15H15N3/c1-11-7-8-18(17-11)10-13-9-12(2)16-15-6-4-3-5-14(13)15/h3-9H,10H2,1-2H3. The normalized spacial score (nSPS) is 11.0. The lowest BCUT2D eigenvalue weighted by Crippen LogP contribution is -2.02. The first-order valence-electron chi connectivity index (χ1n) is 6.08. The molecule has 3 heteroatoms. The minimum Gasteiger partial charge on any atom is -0.268 e. The molecule has 90 valence electrons. The Morgan fingerprint density at radius 1 is 1.06 bits per heavy atom. The first-order valence-corrected chi connectivity index (χ1v) is 6.08. The second-order valence-electron chi connectivity index (χ2n) is 4.59. The summed E-state index contributed by atoms with van der Waals surface area (Å²) in [5, 5.41) is 5.64. The molecule has 3 rings (SSSR count). The largest absolute Gasteiger partial charge is 0.268 e. The molecule has 0 fully saturated rings. The van der Waals surface area contributed by atoms with Crippen LogP contribution in [0.15, 0.2) is 42.6 Å². The number of aromatic nitrogens is 3. The number of pyridine rings is 1. The molecule has 0 saturated heterocycles. The van der Waals surface area contributed by atoms with E-state index < -0.39 is 0 Å². The van der Waals surface area contributed by atoms with E-state index >= 15 is 0 Å². The molecule has 0 bridgehead atoms. The highest BCUT2D eigenvalue weighted by Gasteiger charge is 2.04. The van der Waals surface area contributed by atoms with E-state index in [1.807, 2.05) is 36.9 Å². The topological polar surface area (TPSA) is 30.7 Å². The Bertz CT molecular complexity index is 698. The van der Waals surface area contributed by atoms with Gasteiger partial charge < -0.3 is 0 Å². The van der Waals surface area contributed by atoms with E-state index in [1.54, 1.807) is 0 Å². The van der Waals surface area contributed by atoms with E-state index in [4.69, 9.17) is 0 Å². The molecule has 3 aromatic rings. The van der Waals surface area contributed by atoms with Crippen molar-refractivity contribution in [2.75, 3.05) is 0 Å². The van der Waals surface area contributed by atoms with Crippen molar-refractivity contribution in [2.24, 2.45) is 0 Å². The zero-order valence-corrected chi connectivity index (χ0v) is 10.6. The Balaban J connectivity index is 2.10. The van der Waals surface area contributed by atoms with Crippen molar-refractivity contribution in [3.8, 4) is 0 Å². The molecular formula is C15H15N3. The van der Waals surface area contributed by atoms with Crippen LogP contribution in [0.4, 0.5) is 0 Å². The zero-order chi connectivity index (χ0) is 12.5. The lowest BCUT2D eigenvalue weighted by atomic mass is 10.1. The summed E-state index contributed by atoms with van der Waals surface area (Å²) in [5.41, 5.74) is 4.41. The van der Waals surface area contributed by atoms with Gasteiger partial charge in [0.25, 0.3) is 0 Å². The van der Waals surface area contributed by atoms with Gasteiger partial charge in [-0.25, -0.2) is 0 Å². The minimum absolute atomic E-state index is 0.789. The minimum atomic E-state index is 0.789. The maximum absolute atomic E-state index is 4.55. The van der Waals surface area contributed by atoms with Crippen molar-refractivity contribution in [3.05, 3.63) is 59.5 Å². The number of fused-ring (bicyclic) bond motifs is 1. The second kappa shape index (κ2) is 4.26. The highest BCUT2D eigenvalue weighted by atomic mass is 15.3. The van der Waals surface area contributed by atoms with Crippen LogP contribution >= 0.6 is 0 Å². The number of hydrogen-bond acceptors (Lipinski definition) is 2. The lowest BCUT2D eigenvalue weighted by molar-refractivity contribution is 0.682. The van der Waals surface area contributed by atoms with Gasteiger partial charge in [-0.15, -0.1) is 0 Å². The number of benzene rings is 1. The van der Waals surface area contributed by atoms with Gasteiger partial charge in [-0.2, -0.15) is 5.10 Å². The van der Waals surface area contributed by atoms with Gasteiger partial charge in [0.15, 0.2) is 0 Å². The van der Waals surface area contributed by atoms with Crippen LogP contribution in [0.25, 0.3) is 10.9 Å². The molecule has 0 amide bonds. The molecular weight excluding hydrogens is 222 g/mol. The van der Waals surface area contributed by atoms with E-state index in [-0.39, 0.29) is 0 Å². The molecule has 0 unspecified atom stereocenters. The van der Waals surface area contributed by atoms with Gasteiger partial charge in [-0.1, -0.05) is 18.2 Å². The average Bonchev–Trinajstić information content (AvgIpc) is 2.74. The molecule has 0 aliphatic carbocycles. The van der Waals surface area contributed by atoms with Crippen LogP contribution in [0.5, 0.6) is 0 Å². The van der Waals surface area contributed by atoms with Crippen molar-refractivity contribution in [2.45, 2.75) is 20.4 Å². The quantitative estimate of drug-likeness (QED) is 0.685. The van der Waals surface area contributed by atoms with E-state index in [9.17, 15) is 0 Å². The molecule has 0 saturated carbocycles. The molecule has 18 heavy (non-hydrogen) atoms. The van der Waals surface area contributed by atoms with Crippen LogP contribution < -0.4 is 0 Å². The van der Waals surface area contributed by atoms with E-state index in [0.717, 1.165) is 23.4 Å². The predicted octanol–water partition coefficient (Wildman–Crippen LogP) is 3.10. The first kappa shape index (κ1) is 11.0. The third-order valence-corrected chi connectivity index (χ3v) is 3.04. The third-order valence-electron chi connectivity index (χ3n) is 3.04. The van der Waals surface area contributed by atoms with Gasteiger partial charge in [0.1, 0.15) is 0 Å². The Morgan fingerprint density at radius 2 is 1.89 bits per heavy atom. The fourth-order valence-corrected chi connectivity index (χ4v) is 2.25. The maximum atomic E-state index is 4.55. The van der Waals surface area contributed by atoms with Crippen LogP contribution in [-0.2, 0) is 6.54 Å². The smallest absolute Gasteiger partial charge is 0.0708 e. The summed E-state index contributed by atoms with van der Waals surface area (Å²) in [5.74, 6) is 0. The molecule has 0 aliphatic rings. The second-order valence-corrected chi connectivity index (χ2v) is 4.59. The summed E-state index contributed by atoms with van der Waals surface area (Å²) < 4.78 is 1.97. The first-order chi connectivity index (χ1) is 8.72. The molecule has 0 N–H and O–H groups in total. The van der Waals surface area contributed by atoms with E-state index in [2.05, 4.69) is 34.3 Å². The van der Waals surface area contributed by atoms with E-state index in [0.29, 0.717) is 0 Å². The highest BCUT2D eigenvalue weighted by molar-refractivity contribution is 5.82. The maximum Gasteiger partial charge on any atom is 0.0708 e. The molecule has 2 heterocycles. The van der Waals surface area contributed by atoms with Gasteiger partial charge in [-0.05, 0) is 37.6 Å². The molecule has 0 spiro atoms. The zero-order valence-electron chi connectivity index (χ0n) is 10.6. The number of rotatable bonds is 2. The lowest BCUT2D eigenvalue weighted by Gasteiger charge is -2.08. The molecule has 0 radical (unpaired) electrons. The average molecular weight is 237 g/mol. The van der Waals surface area contributed by atoms with Crippen molar-refractivity contribution in [3.63, 3.8) is 0 Å². The predicted molar refractivity (Wildman–Crippen MR) is 72.5 cm³/mol. The van der Waals surface area contributed by atoms with E-state index in [1.165, 1.54) is 10.9 Å². The van der Waals surface area contributed by atoms with Gasteiger partial charge in [0.05, 0.1) is 17.8 Å². The van der Waals surface area contributed by atoms with Crippen LogP contribution in [-0.4, -0.2) is 14.8 Å². The van der Waals surface area contributed by atoms with Gasteiger partial charge in [-0.3, -0.25) is 9.67 Å². The van der Waals surface area contributed by atoms with Gasteiger partial charge >= 0.3 is 0 Å². The van der Waals surface area contributed by atoms with Gasteiger partial charge in [0, 0.05) is 17.3 Å². The van der Waals surface area contributed by atoms with Crippen molar-refractivity contribution >= 4 is 10.9 Å². The van der Waals surface area contributed by atoms with Crippen LogP contribution in [0.3, 0.4) is 0 Å². The van der Waals surface area contributed by atoms with Crippen molar-refractivity contribution in [1.82, 2.24) is 14.8 Å². The number of aryl methyl sites for hydroxylation is 2. The van der Waals surface area contributed by atoms with Crippen LogP contribution in [0.2, 0.25) is 0 Å². The van der Waals surface area contributed by atoms with Crippen LogP contribution in [0.1, 0.15) is 17.0 Å². The number of hydrogen-bond donors (Lipinski definition) is 0. The van der Waals surface area contributed by atoms with Gasteiger partial charge in [0.2, 0.25) is 0 Å². The molecule has 0 atom stereocenters. The molecule has 2 aromatic heterocycles. The molecule has 3 nitrogen and oxygen atoms in total. The summed E-state index contributed by atoms with van der Waals surface area (Å²) in [6.45, 7) is 4.83. The monoisotopic (exact) mass is 237 g/mol. The number of nitrogens with zero attached hydrogens (tertiary/aromatic N) is 3. The van der Waals surface area contributed by atoms with Crippen molar-refractivity contribution in [1.29, 1.82) is 0 Å². The van der Waals surface area contributed by atoms with Crippen LogP contribution in [0, 0.1) is 13.8 Å². The summed E-state index contributed by atoms with van der Waals surface area (Å²) in [6.07, 6.45) is 2.01. The SMILES string of the molecule is Cc1cc(Cn2ccc(C)n2)c2ccccc2n1. The summed E-state index contributed by atoms with van der Waals surface area (Å²) in [7, 11) is 0. The Labute approximate surface area is 106 Å². The van der Waals surface area contributed by atoms with Crippen molar-refractivity contribution < 1.29 is 0 Å². The fourth-order valence-electron chi connectivity index (χ4n) is 2.25. The summed E-state index contributed by atoms with van der Waals surface area (Å²) in [4.78, 5) is 4.55. The Hall–Kier alpha value is -2.16. The summed E-state index contributed by atoms with van der Waals surface area (Å²) in [6, 6.07) is 12.4. The fraction of sp³-hybridized carbons (Fsp3) is 0.200.